The van der Waals surface area contributed by atoms with Gasteiger partial charge in [0.15, 0.2) is 11.5 Å². The van der Waals surface area contributed by atoms with Crippen LogP contribution in [0.5, 0.6) is 5.75 Å². The molecule has 4 rings (SSSR count). The molecule has 0 radical (unpaired) electrons. The number of rotatable bonds is 3. The van der Waals surface area contributed by atoms with Gasteiger partial charge >= 0.3 is 5.97 Å². The van der Waals surface area contributed by atoms with Gasteiger partial charge in [0.1, 0.15) is 5.69 Å². The summed E-state index contributed by atoms with van der Waals surface area (Å²) < 4.78 is 5.48. The Labute approximate surface area is 143 Å². The van der Waals surface area contributed by atoms with Crippen LogP contribution in [0.2, 0.25) is 0 Å². The number of aromatic amines is 2. The SMILES string of the molecule is CC(=O)Oc1c(-c2[nH]c3ccccc3c2C(C)=O)[nH]c2ccccc12. The van der Waals surface area contributed by atoms with Gasteiger partial charge in [-0.1, -0.05) is 30.3 Å². The summed E-state index contributed by atoms with van der Waals surface area (Å²) in [6.07, 6.45) is 0. The second kappa shape index (κ2) is 5.63. The Balaban J connectivity index is 2.08. The number of nitrogens with one attached hydrogen (secondary N) is 2. The lowest BCUT2D eigenvalue weighted by atomic mass is 10.1. The molecule has 0 amide bonds. The van der Waals surface area contributed by atoms with Crippen molar-refractivity contribution in [3.8, 4) is 17.1 Å². The minimum atomic E-state index is -0.411. The van der Waals surface area contributed by atoms with Crippen LogP contribution in [0.3, 0.4) is 0 Å². The molecule has 0 fully saturated rings. The first-order chi connectivity index (χ1) is 12.1. The Kier molecular flexibility index (Phi) is 3.42. The summed E-state index contributed by atoms with van der Waals surface area (Å²) in [6, 6.07) is 15.2. The third-order valence-corrected chi connectivity index (χ3v) is 4.21. The van der Waals surface area contributed by atoms with E-state index in [1.807, 2.05) is 48.5 Å². The maximum atomic E-state index is 12.3. The first kappa shape index (κ1) is 15.2. The van der Waals surface area contributed by atoms with E-state index in [1.165, 1.54) is 13.8 Å². The molecule has 0 spiro atoms. The van der Waals surface area contributed by atoms with Crippen LogP contribution >= 0.6 is 0 Å². The standard InChI is InChI=1S/C20H16N2O3/c1-11(23)17-13-7-3-5-9-15(13)21-18(17)19-20(25-12(2)24)14-8-4-6-10-16(14)22-19/h3-10,21-22H,1-2H3. The highest BCUT2D eigenvalue weighted by atomic mass is 16.5. The highest BCUT2D eigenvalue weighted by Gasteiger charge is 2.23. The molecule has 25 heavy (non-hydrogen) atoms. The summed E-state index contributed by atoms with van der Waals surface area (Å²) in [4.78, 5) is 30.5. The summed E-state index contributed by atoms with van der Waals surface area (Å²) in [5.41, 5.74) is 3.49. The smallest absolute Gasteiger partial charge is 0.308 e. The Hall–Kier alpha value is -3.34. The van der Waals surface area contributed by atoms with Crippen LogP contribution in [0.15, 0.2) is 48.5 Å². The van der Waals surface area contributed by atoms with Crippen LogP contribution in [0.25, 0.3) is 33.2 Å². The molecule has 0 saturated heterocycles. The average Bonchev–Trinajstić information content (AvgIpc) is 3.13. The van der Waals surface area contributed by atoms with Gasteiger partial charge in [-0.25, -0.2) is 0 Å². The quantitative estimate of drug-likeness (QED) is 0.430. The van der Waals surface area contributed by atoms with Crippen molar-refractivity contribution in [2.45, 2.75) is 13.8 Å². The topological polar surface area (TPSA) is 75.0 Å². The van der Waals surface area contributed by atoms with Crippen molar-refractivity contribution in [1.29, 1.82) is 0 Å². The third-order valence-electron chi connectivity index (χ3n) is 4.21. The molecule has 4 aromatic rings. The molecule has 5 heteroatoms. The lowest BCUT2D eigenvalue weighted by Gasteiger charge is -2.05. The molecule has 2 aromatic carbocycles. The number of benzene rings is 2. The number of aromatic nitrogens is 2. The number of ketones is 1. The highest BCUT2D eigenvalue weighted by Crippen LogP contribution is 2.40. The predicted molar refractivity (Wildman–Crippen MR) is 96.9 cm³/mol. The fraction of sp³-hybridized carbons (Fsp3) is 0.100. The summed E-state index contributed by atoms with van der Waals surface area (Å²) in [7, 11) is 0. The van der Waals surface area contributed by atoms with Gasteiger partial charge in [-0.3, -0.25) is 9.59 Å². The summed E-state index contributed by atoms with van der Waals surface area (Å²) in [6.45, 7) is 2.90. The minimum absolute atomic E-state index is 0.0557. The molecular formula is C20H16N2O3. The lowest BCUT2D eigenvalue weighted by molar-refractivity contribution is -0.131. The molecule has 2 aromatic heterocycles. The van der Waals surface area contributed by atoms with Gasteiger partial charge < -0.3 is 14.7 Å². The van der Waals surface area contributed by atoms with Crippen LogP contribution in [0.1, 0.15) is 24.2 Å². The molecule has 124 valence electrons. The number of fused-ring (bicyclic) bond motifs is 2. The van der Waals surface area contributed by atoms with Gasteiger partial charge in [-0.05, 0) is 25.1 Å². The lowest BCUT2D eigenvalue weighted by Crippen LogP contribution is -2.03. The molecule has 0 saturated carbocycles. The molecule has 0 aliphatic carbocycles. The minimum Gasteiger partial charge on any atom is -0.424 e. The van der Waals surface area contributed by atoms with Crippen LogP contribution in [-0.4, -0.2) is 21.7 Å². The van der Waals surface area contributed by atoms with E-state index in [1.54, 1.807) is 0 Å². The van der Waals surface area contributed by atoms with E-state index in [-0.39, 0.29) is 5.78 Å². The number of hydrogen-bond acceptors (Lipinski definition) is 3. The number of Topliss-reactive ketones (excluding diaryl/α,β-unsaturated/α-hetero) is 1. The predicted octanol–water partition coefficient (Wildman–Crippen LogP) is 4.44. The number of H-pyrrole nitrogens is 2. The van der Waals surface area contributed by atoms with Crippen LogP contribution in [0, 0.1) is 0 Å². The second-order valence-electron chi connectivity index (χ2n) is 5.95. The van der Waals surface area contributed by atoms with E-state index >= 15 is 0 Å². The first-order valence-corrected chi connectivity index (χ1v) is 7.97. The molecule has 0 aliphatic heterocycles. The monoisotopic (exact) mass is 332 g/mol. The van der Waals surface area contributed by atoms with Crippen molar-refractivity contribution in [2.75, 3.05) is 0 Å². The third kappa shape index (κ3) is 2.41. The van der Waals surface area contributed by atoms with E-state index in [0.29, 0.717) is 22.7 Å². The average molecular weight is 332 g/mol. The molecule has 0 aliphatic rings. The maximum absolute atomic E-state index is 12.3. The number of para-hydroxylation sites is 2. The molecule has 2 N–H and O–H groups in total. The number of hydrogen-bond donors (Lipinski definition) is 2. The summed E-state index contributed by atoms with van der Waals surface area (Å²) in [5.74, 6) is -0.0384. The Morgan fingerprint density at radius 3 is 2.00 bits per heavy atom. The van der Waals surface area contributed by atoms with Gasteiger partial charge in [-0.15, -0.1) is 0 Å². The van der Waals surface area contributed by atoms with E-state index < -0.39 is 5.97 Å². The fourth-order valence-electron chi connectivity index (χ4n) is 3.24. The van der Waals surface area contributed by atoms with E-state index in [2.05, 4.69) is 9.97 Å². The van der Waals surface area contributed by atoms with Gasteiger partial charge in [0, 0.05) is 28.7 Å². The number of esters is 1. The van der Waals surface area contributed by atoms with E-state index in [4.69, 9.17) is 4.74 Å². The van der Waals surface area contributed by atoms with Crippen LogP contribution in [-0.2, 0) is 4.79 Å². The van der Waals surface area contributed by atoms with Crippen molar-refractivity contribution >= 4 is 33.6 Å². The van der Waals surface area contributed by atoms with Crippen molar-refractivity contribution in [3.63, 3.8) is 0 Å². The number of carbonyl (C=O) groups excluding carboxylic acids is 2. The zero-order chi connectivity index (χ0) is 17.6. The van der Waals surface area contributed by atoms with Crippen molar-refractivity contribution in [1.82, 2.24) is 9.97 Å². The molecule has 0 atom stereocenters. The van der Waals surface area contributed by atoms with Gasteiger partial charge in [0.05, 0.1) is 11.3 Å². The van der Waals surface area contributed by atoms with Crippen LogP contribution in [0.4, 0.5) is 0 Å². The molecule has 5 nitrogen and oxygen atoms in total. The van der Waals surface area contributed by atoms with Gasteiger partial charge in [-0.2, -0.15) is 0 Å². The molecular weight excluding hydrogens is 316 g/mol. The Bertz CT molecular complexity index is 1130. The van der Waals surface area contributed by atoms with Gasteiger partial charge in [0.2, 0.25) is 0 Å². The zero-order valence-electron chi connectivity index (χ0n) is 13.8. The Morgan fingerprint density at radius 2 is 1.36 bits per heavy atom. The highest BCUT2D eigenvalue weighted by molar-refractivity contribution is 6.13. The summed E-state index contributed by atoms with van der Waals surface area (Å²) in [5, 5.41) is 1.64. The van der Waals surface area contributed by atoms with Crippen molar-refractivity contribution < 1.29 is 14.3 Å². The van der Waals surface area contributed by atoms with E-state index in [0.717, 1.165) is 21.8 Å². The maximum Gasteiger partial charge on any atom is 0.308 e. The summed E-state index contributed by atoms with van der Waals surface area (Å²) >= 11 is 0. The molecule has 2 heterocycles. The number of carbonyl (C=O) groups is 2. The normalized spacial score (nSPS) is 11.1. The number of ether oxygens (including phenoxy) is 1. The van der Waals surface area contributed by atoms with Gasteiger partial charge in [0.25, 0.3) is 0 Å². The second-order valence-corrected chi connectivity index (χ2v) is 5.95. The van der Waals surface area contributed by atoms with Crippen molar-refractivity contribution in [3.05, 3.63) is 54.1 Å². The first-order valence-electron chi connectivity index (χ1n) is 7.97. The Morgan fingerprint density at radius 1 is 0.800 bits per heavy atom. The fourth-order valence-corrected chi connectivity index (χ4v) is 3.24. The van der Waals surface area contributed by atoms with E-state index in [9.17, 15) is 9.59 Å². The largest absolute Gasteiger partial charge is 0.424 e. The van der Waals surface area contributed by atoms with Crippen molar-refractivity contribution in [2.24, 2.45) is 0 Å². The molecule has 0 bridgehead atoms. The molecule has 0 unspecified atom stereocenters. The zero-order valence-corrected chi connectivity index (χ0v) is 13.8. The van der Waals surface area contributed by atoms with Crippen LogP contribution < -0.4 is 4.74 Å².